The fourth-order valence-corrected chi connectivity index (χ4v) is 3.05. The highest BCUT2D eigenvalue weighted by molar-refractivity contribution is 7.92. The van der Waals surface area contributed by atoms with Gasteiger partial charge in [0.15, 0.2) is 5.76 Å². The van der Waals surface area contributed by atoms with Gasteiger partial charge in [0.2, 0.25) is 11.0 Å². The number of furan rings is 1. The Labute approximate surface area is 139 Å². The van der Waals surface area contributed by atoms with E-state index in [9.17, 15) is 8.42 Å². The van der Waals surface area contributed by atoms with Crippen molar-refractivity contribution in [2.24, 2.45) is 0 Å². The molecule has 0 aliphatic heterocycles. The summed E-state index contributed by atoms with van der Waals surface area (Å²) in [6.45, 7) is 5.72. The van der Waals surface area contributed by atoms with Crippen LogP contribution in [0.1, 0.15) is 31.2 Å². The van der Waals surface area contributed by atoms with Crippen LogP contribution >= 0.6 is 0 Å². The summed E-state index contributed by atoms with van der Waals surface area (Å²) < 4.78 is 38.1. The van der Waals surface area contributed by atoms with E-state index in [4.69, 9.17) is 8.83 Å². The molecular formula is C16H17N3O4S. The molecule has 3 rings (SSSR count). The van der Waals surface area contributed by atoms with Gasteiger partial charge in [0.05, 0.1) is 0 Å². The molecular weight excluding hydrogens is 330 g/mol. The number of benzene rings is 1. The molecule has 0 amide bonds. The summed E-state index contributed by atoms with van der Waals surface area (Å²) >= 11 is 0. The monoisotopic (exact) mass is 347 g/mol. The predicted molar refractivity (Wildman–Crippen MR) is 88.1 cm³/mol. The van der Waals surface area contributed by atoms with Crippen LogP contribution in [-0.2, 0) is 10.0 Å². The first kappa shape index (κ1) is 16.3. The summed E-state index contributed by atoms with van der Waals surface area (Å²) in [4.78, 5) is 0. The lowest BCUT2D eigenvalue weighted by molar-refractivity contribution is 0.429. The molecule has 0 aliphatic carbocycles. The second-order valence-electron chi connectivity index (χ2n) is 5.69. The number of rotatable bonds is 5. The van der Waals surface area contributed by atoms with Gasteiger partial charge in [-0.1, -0.05) is 26.0 Å². The predicted octanol–water partition coefficient (Wildman–Crippen LogP) is 3.56. The maximum absolute atomic E-state index is 12.4. The smallest absolute Gasteiger partial charge is 0.295 e. The molecule has 1 aromatic carbocycles. The Kier molecular flexibility index (Phi) is 4.15. The average molecular weight is 347 g/mol. The quantitative estimate of drug-likeness (QED) is 0.758. The van der Waals surface area contributed by atoms with Crippen molar-refractivity contribution >= 4 is 15.7 Å². The van der Waals surface area contributed by atoms with Gasteiger partial charge in [-0.2, -0.15) is 8.42 Å². The van der Waals surface area contributed by atoms with E-state index in [0.29, 0.717) is 11.6 Å². The molecule has 0 aliphatic rings. The van der Waals surface area contributed by atoms with E-state index < -0.39 is 10.0 Å². The van der Waals surface area contributed by atoms with Gasteiger partial charge in [0.25, 0.3) is 15.9 Å². The number of aromatic nitrogens is 2. The minimum atomic E-state index is -3.83. The molecule has 0 unspecified atom stereocenters. The lowest BCUT2D eigenvalue weighted by Gasteiger charge is -2.06. The van der Waals surface area contributed by atoms with Crippen LogP contribution in [0.25, 0.3) is 11.7 Å². The minimum absolute atomic E-state index is 0.0763. The van der Waals surface area contributed by atoms with Gasteiger partial charge >= 0.3 is 0 Å². The molecule has 2 heterocycles. The van der Waals surface area contributed by atoms with Crippen LogP contribution in [0.3, 0.4) is 0 Å². The Balaban J connectivity index is 1.86. The van der Waals surface area contributed by atoms with Crippen LogP contribution in [0.2, 0.25) is 0 Å². The van der Waals surface area contributed by atoms with E-state index in [1.807, 2.05) is 26.8 Å². The Hall–Kier alpha value is -2.61. The molecule has 0 saturated heterocycles. The molecule has 3 aromatic rings. The van der Waals surface area contributed by atoms with E-state index in [2.05, 4.69) is 14.9 Å². The van der Waals surface area contributed by atoms with Gasteiger partial charge in [-0.25, -0.2) is 0 Å². The van der Waals surface area contributed by atoms with Crippen LogP contribution < -0.4 is 4.72 Å². The number of hydrogen-bond acceptors (Lipinski definition) is 6. The van der Waals surface area contributed by atoms with Crippen molar-refractivity contribution in [1.82, 2.24) is 10.2 Å². The molecule has 0 saturated carbocycles. The summed E-state index contributed by atoms with van der Waals surface area (Å²) in [7, 11) is -3.83. The molecule has 0 atom stereocenters. The van der Waals surface area contributed by atoms with Crippen molar-refractivity contribution in [3.05, 3.63) is 47.9 Å². The van der Waals surface area contributed by atoms with Gasteiger partial charge in [-0.15, -0.1) is 10.2 Å². The number of nitrogens with one attached hydrogen (secondary N) is 1. The Morgan fingerprint density at radius 1 is 1.08 bits per heavy atom. The molecule has 2 aromatic heterocycles. The highest BCUT2D eigenvalue weighted by Crippen LogP contribution is 2.26. The van der Waals surface area contributed by atoms with Gasteiger partial charge in [-0.3, -0.25) is 4.72 Å². The Bertz CT molecular complexity index is 957. The third kappa shape index (κ3) is 3.33. The van der Waals surface area contributed by atoms with Gasteiger partial charge in [0.1, 0.15) is 0 Å². The summed E-state index contributed by atoms with van der Waals surface area (Å²) in [6, 6.07) is 9.89. The van der Waals surface area contributed by atoms with Gasteiger partial charge in [-0.05, 0) is 36.8 Å². The van der Waals surface area contributed by atoms with E-state index >= 15 is 0 Å². The summed E-state index contributed by atoms with van der Waals surface area (Å²) in [6.07, 6.45) is 0. The highest BCUT2D eigenvalue weighted by Gasteiger charge is 2.22. The molecule has 1 N–H and O–H groups in total. The zero-order chi connectivity index (χ0) is 17.3. The molecule has 24 heavy (non-hydrogen) atoms. The normalized spacial score (nSPS) is 11.8. The van der Waals surface area contributed by atoms with Crippen molar-refractivity contribution < 1.29 is 17.3 Å². The first-order chi connectivity index (χ1) is 11.3. The van der Waals surface area contributed by atoms with Gasteiger partial charge in [0, 0.05) is 11.6 Å². The second-order valence-corrected chi connectivity index (χ2v) is 7.31. The summed E-state index contributed by atoms with van der Waals surface area (Å²) in [5, 5.41) is 7.55. The Morgan fingerprint density at radius 2 is 1.88 bits per heavy atom. The first-order valence-corrected chi connectivity index (χ1v) is 8.86. The summed E-state index contributed by atoms with van der Waals surface area (Å²) in [5.41, 5.74) is 1.41. The van der Waals surface area contributed by atoms with Crippen molar-refractivity contribution in [2.45, 2.75) is 31.8 Å². The van der Waals surface area contributed by atoms with Crippen molar-refractivity contribution in [3.63, 3.8) is 0 Å². The van der Waals surface area contributed by atoms with E-state index in [-0.39, 0.29) is 22.7 Å². The molecule has 0 spiro atoms. The van der Waals surface area contributed by atoms with Crippen LogP contribution in [-0.4, -0.2) is 18.6 Å². The third-order valence-electron chi connectivity index (χ3n) is 3.26. The first-order valence-electron chi connectivity index (χ1n) is 7.38. The largest absolute Gasteiger partial charge is 0.438 e. The lowest BCUT2D eigenvalue weighted by atomic mass is 10.2. The highest BCUT2D eigenvalue weighted by atomic mass is 32.2. The number of sulfonamides is 1. The number of aryl methyl sites for hydroxylation is 1. The van der Waals surface area contributed by atoms with Crippen LogP contribution in [0, 0.1) is 6.92 Å². The number of nitrogens with zero attached hydrogens (tertiary/aromatic N) is 2. The van der Waals surface area contributed by atoms with Crippen molar-refractivity contribution in [2.75, 3.05) is 4.72 Å². The number of hydrogen-bond donors (Lipinski definition) is 1. The average Bonchev–Trinajstić information content (AvgIpc) is 3.16. The van der Waals surface area contributed by atoms with Gasteiger partial charge < -0.3 is 8.83 Å². The standard InChI is InChI=1S/C16H17N3O4S/c1-10(2)15-17-18-16(23-15)13-7-8-14(22-13)24(20,21)19-12-6-4-5-11(3)9-12/h4-10,19H,1-3H3. The summed E-state index contributed by atoms with van der Waals surface area (Å²) in [5.74, 6) is 0.894. The lowest BCUT2D eigenvalue weighted by Crippen LogP contribution is -2.12. The third-order valence-corrected chi connectivity index (χ3v) is 4.52. The van der Waals surface area contributed by atoms with E-state index in [1.54, 1.807) is 18.2 Å². The van der Waals surface area contributed by atoms with Crippen LogP contribution in [0.15, 0.2) is 50.3 Å². The molecule has 8 heteroatoms. The fourth-order valence-electron chi connectivity index (χ4n) is 2.06. The molecule has 0 fully saturated rings. The minimum Gasteiger partial charge on any atom is -0.438 e. The maximum Gasteiger partial charge on any atom is 0.295 e. The van der Waals surface area contributed by atoms with Crippen molar-refractivity contribution in [3.8, 4) is 11.7 Å². The Morgan fingerprint density at radius 3 is 2.54 bits per heavy atom. The SMILES string of the molecule is Cc1cccc(NS(=O)(=O)c2ccc(-c3nnc(C(C)C)o3)o2)c1. The van der Waals surface area contributed by atoms with Crippen molar-refractivity contribution in [1.29, 1.82) is 0 Å². The van der Waals surface area contributed by atoms with Crippen LogP contribution in [0.4, 0.5) is 5.69 Å². The maximum atomic E-state index is 12.4. The molecule has 0 bridgehead atoms. The topological polar surface area (TPSA) is 98.2 Å². The van der Waals surface area contributed by atoms with Crippen LogP contribution in [0.5, 0.6) is 0 Å². The second kappa shape index (κ2) is 6.12. The zero-order valence-corrected chi connectivity index (χ0v) is 14.3. The molecule has 126 valence electrons. The van der Waals surface area contributed by atoms with E-state index in [1.165, 1.54) is 12.1 Å². The molecule has 0 radical (unpaired) electrons. The molecule has 7 nitrogen and oxygen atoms in total. The fraction of sp³-hybridized carbons (Fsp3) is 0.250. The van der Waals surface area contributed by atoms with E-state index in [0.717, 1.165) is 5.56 Å². The number of anilines is 1. The zero-order valence-electron chi connectivity index (χ0n) is 13.5.